The average molecular weight is 357 g/mol. The van der Waals surface area contributed by atoms with E-state index in [0.29, 0.717) is 24.7 Å². The molecule has 1 aliphatic rings. The highest BCUT2D eigenvalue weighted by atomic mass is 35.5. The Morgan fingerprint density at radius 3 is 2.56 bits per heavy atom. The van der Waals surface area contributed by atoms with Gasteiger partial charge in [0, 0.05) is 31.1 Å². The monoisotopic (exact) mass is 356 g/mol. The van der Waals surface area contributed by atoms with Crippen LogP contribution in [0.1, 0.15) is 23.1 Å². The number of likely N-dealkylation sites (tertiary alicyclic amines) is 1. The van der Waals surface area contributed by atoms with Crippen LogP contribution >= 0.6 is 11.6 Å². The zero-order valence-corrected chi connectivity index (χ0v) is 14.9. The predicted octanol–water partition coefficient (Wildman–Crippen LogP) is 3.31. The number of benzene rings is 2. The third-order valence-electron chi connectivity index (χ3n) is 4.62. The van der Waals surface area contributed by atoms with Crippen LogP contribution in [0.4, 0.5) is 0 Å². The lowest BCUT2D eigenvalue weighted by atomic mass is 10.1. The Bertz CT molecular complexity index is 791. The van der Waals surface area contributed by atoms with Crippen LogP contribution in [-0.4, -0.2) is 23.3 Å². The zero-order valence-electron chi connectivity index (χ0n) is 14.2. The van der Waals surface area contributed by atoms with Crippen LogP contribution in [0.2, 0.25) is 5.02 Å². The number of carbonyl (C=O) groups is 2. The zero-order chi connectivity index (χ0) is 17.8. The molecule has 0 saturated carbocycles. The fraction of sp³-hybridized carbons (Fsp3) is 0.300. The highest BCUT2D eigenvalue weighted by Gasteiger charge is 2.34. The summed E-state index contributed by atoms with van der Waals surface area (Å²) < 4.78 is 0. The molecule has 1 saturated heterocycles. The molecule has 1 atom stereocenters. The SMILES string of the molecule is Cc1ccccc1CN1CC(C(=O)NCc2ccccc2Cl)CC1=O. The van der Waals surface area contributed by atoms with Crippen molar-refractivity contribution >= 4 is 23.4 Å². The summed E-state index contributed by atoms with van der Waals surface area (Å²) in [5, 5.41) is 3.53. The van der Waals surface area contributed by atoms with E-state index < -0.39 is 0 Å². The van der Waals surface area contributed by atoms with Gasteiger partial charge in [-0.05, 0) is 29.7 Å². The lowest BCUT2D eigenvalue weighted by Gasteiger charge is -2.18. The van der Waals surface area contributed by atoms with Crippen LogP contribution in [0.15, 0.2) is 48.5 Å². The summed E-state index contributed by atoms with van der Waals surface area (Å²) in [6, 6.07) is 15.4. The molecule has 0 radical (unpaired) electrons. The molecule has 5 heteroatoms. The Morgan fingerprint density at radius 2 is 1.84 bits per heavy atom. The van der Waals surface area contributed by atoms with Gasteiger partial charge >= 0.3 is 0 Å². The molecule has 0 aliphatic carbocycles. The summed E-state index contributed by atoms with van der Waals surface area (Å²) in [5.74, 6) is -0.374. The first kappa shape index (κ1) is 17.5. The van der Waals surface area contributed by atoms with Gasteiger partial charge in [0.2, 0.25) is 11.8 Å². The Kier molecular flexibility index (Phi) is 5.39. The van der Waals surface area contributed by atoms with Crippen molar-refractivity contribution in [1.29, 1.82) is 0 Å². The van der Waals surface area contributed by atoms with E-state index in [2.05, 4.69) is 5.32 Å². The number of nitrogens with zero attached hydrogens (tertiary/aromatic N) is 1. The normalized spacial score (nSPS) is 17.0. The van der Waals surface area contributed by atoms with Gasteiger partial charge in [-0.25, -0.2) is 0 Å². The second-order valence-electron chi connectivity index (χ2n) is 6.41. The Hall–Kier alpha value is -2.33. The van der Waals surface area contributed by atoms with Crippen LogP contribution in [0, 0.1) is 12.8 Å². The first-order valence-electron chi connectivity index (χ1n) is 8.38. The molecule has 1 N–H and O–H groups in total. The molecule has 0 spiro atoms. The van der Waals surface area contributed by atoms with E-state index in [1.807, 2.05) is 49.4 Å². The molecule has 1 aliphatic heterocycles. The number of rotatable bonds is 5. The van der Waals surface area contributed by atoms with Crippen LogP contribution in [0.3, 0.4) is 0 Å². The predicted molar refractivity (Wildman–Crippen MR) is 98.0 cm³/mol. The highest BCUT2D eigenvalue weighted by Crippen LogP contribution is 2.22. The maximum absolute atomic E-state index is 12.4. The van der Waals surface area contributed by atoms with Crippen molar-refractivity contribution in [3.63, 3.8) is 0 Å². The van der Waals surface area contributed by atoms with Gasteiger partial charge in [-0.3, -0.25) is 9.59 Å². The fourth-order valence-electron chi connectivity index (χ4n) is 3.06. The molecule has 0 aromatic heterocycles. The van der Waals surface area contributed by atoms with Crippen molar-refractivity contribution in [2.45, 2.75) is 26.4 Å². The summed E-state index contributed by atoms with van der Waals surface area (Å²) in [6.45, 7) is 3.42. The van der Waals surface area contributed by atoms with E-state index in [1.165, 1.54) is 0 Å². The second-order valence-corrected chi connectivity index (χ2v) is 6.82. The number of hydrogen-bond acceptors (Lipinski definition) is 2. The van der Waals surface area contributed by atoms with Gasteiger partial charge < -0.3 is 10.2 Å². The standard InChI is InChI=1S/C20H21ClN2O2/c1-14-6-2-3-8-16(14)12-23-13-17(10-19(23)24)20(25)22-11-15-7-4-5-9-18(15)21/h2-9,17H,10-13H2,1H3,(H,22,25). The molecule has 130 valence electrons. The Labute approximate surface area is 152 Å². The van der Waals surface area contributed by atoms with Gasteiger partial charge in [0.05, 0.1) is 5.92 Å². The highest BCUT2D eigenvalue weighted by molar-refractivity contribution is 6.31. The molecule has 25 heavy (non-hydrogen) atoms. The van der Waals surface area contributed by atoms with Crippen molar-refractivity contribution in [3.05, 3.63) is 70.2 Å². The smallest absolute Gasteiger partial charge is 0.225 e. The third-order valence-corrected chi connectivity index (χ3v) is 4.99. The molecule has 0 bridgehead atoms. The first-order valence-corrected chi connectivity index (χ1v) is 8.76. The van der Waals surface area contributed by atoms with Gasteiger partial charge in [0.25, 0.3) is 0 Å². The molecule has 1 heterocycles. The summed E-state index contributed by atoms with van der Waals surface area (Å²) >= 11 is 6.11. The molecular weight excluding hydrogens is 336 g/mol. The maximum atomic E-state index is 12.4. The number of carbonyl (C=O) groups excluding carboxylic acids is 2. The molecule has 1 unspecified atom stereocenters. The quantitative estimate of drug-likeness (QED) is 0.893. The number of hydrogen-bond donors (Lipinski definition) is 1. The Balaban J connectivity index is 1.57. The van der Waals surface area contributed by atoms with Crippen molar-refractivity contribution < 1.29 is 9.59 Å². The minimum absolute atomic E-state index is 0.0288. The van der Waals surface area contributed by atoms with E-state index in [1.54, 1.807) is 11.0 Å². The lowest BCUT2D eigenvalue weighted by molar-refractivity contribution is -0.129. The van der Waals surface area contributed by atoms with Gasteiger partial charge in [-0.2, -0.15) is 0 Å². The van der Waals surface area contributed by atoms with Gasteiger partial charge in [0.1, 0.15) is 0 Å². The van der Waals surface area contributed by atoms with Crippen molar-refractivity contribution in [2.75, 3.05) is 6.54 Å². The summed E-state index contributed by atoms with van der Waals surface area (Å²) in [7, 11) is 0. The van der Waals surface area contributed by atoms with E-state index in [0.717, 1.165) is 16.7 Å². The number of nitrogens with one attached hydrogen (secondary N) is 1. The molecule has 3 rings (SSSR count). The van der Waals surface area contributed by atoms with Crippen molar-refractivity contribution in [1.82, 2.24) is 10.2 Å². The lowest BCUT2D eigenvalue weighted by Crippen LogP contribution is -2.32. The molecule has 1 fully saturated rings. The average Bonchev–Trinajstić information content (AvgIpc) is 2.97. The van der Waals surface area contributed by atoms with Crippen LogP contribution < -0.4 is 5.32 Å². The van der Waals surface area contributed by atoms with Gasteiger partial charge in [0.15, 0.2) is 0 Å². The number of amides is 2. The van der Waals surface area contributed by atoms with Crippen molar-refractivity contribution in [3.8, 4) is 0 Å². The van der Waals surface area contributed by atoms with E-state index in [9.17, 15) is 9.59 Å². The molecule has 2 amide bonds. The van der Waals surface area contributed by atoms with Gasteiger partial charge in [-0.1, -0.05) is 54.1 Å². The van der Waals surface area contributed by atoms with E-state index in [-0.39, 0.29) is 24.2 Å². The number of halogens is 1. The van der Waals surface area contributed by atoms with E-state index >= 15 is 0 Å². The van der Waals surface area contributed by atoms with Crippen LogP contribution in [-0.2, 0) is 22.7 Å². The second kappa shape index (κ2) is 7.70. The molecule has 2 aromatic carbocycles. The number of aryl methyl sites for hydroxylation is 1. The topological polar surface area (TPSA) is 49.4 Å². The fourth-order valence-corrected chi connectivity index (χ4v) is 3.26. The Morgan fingerprint density at radius 1 is 1.16 bits per heavy atom. The summed E-state index contributed by atoms with van der Waals surface area (Å²) in [6.07, 6.45) is 0.264. The molecular formula is C20H21ClN2O2. The van der Waals surface area contributed by atoms with Crippen LogP contribution in [0.5, 0.6) is 0 Å². The third kappa shape index (κ3) is 4.20. The molecule has 2 aromatic rings. The van der Waals surface area contributed by atoms with Crippen molar-refractivity contribution in [2.24, 2.45) is 5.92 Å². The summed E-state index contributed by atoms with van der Waals surface area (Å²) in [5.41, 5.74) is 3.15. The summed E-state index contributed by atoms with van der Waals surface area (Å²) in [4.78, 5) is 26.4. The maximum Gasteiger partial charge on any atom is 0.225 e. The largest absolute Gasteiger partial charge is 0.352 e. The molecule has 4 nitrogen and oxygen atoms in total. The minimum Gasteiger partial charge on any atom is -0.352 e. The van der Waals surface area contributed by atoms with Gasteiger partial charge in [-0.15, -0.1) is 0 Å². The van der Waals surface area contributed by atoms with E-state index in [4.69, 9.17) is 11.6 Å². The first-order chi connectivity index (χ1) is 12.0. The van der Waals surface area contributed by atoms with Crippen LogP contribution in [0.25, 0.3) is 0 Å². The minimum atomic E-state index is -0.306.